The first kappa shape index (κ1) is 19.6. The van der Waals surface area contributed by atoms with E-state index in [1.807, 2.05) is 25.1 Å². The average molecular weight is 390 g/mol. The van der Waals surface area contributed by atoms with Crippen molar-refractivity contribution in [3.63, 3.8) is 0 Å². The van der Waals surface area contributed by atoms with E-state index in [1.165, 1.54) is 6.07 Å². The van der Waals surface area contributed by atoms with Gasteiger partial charge in [-0.15, -0.1) is 0 Å². The molecule has 2 amide bonds. The number of likely N-dealkylation sites (tertiary alicyclic amines) is 1. The zero-order valence-electron chi connectivity index (χ0n) is 15.5. The molecule has 27 heavy (non-hydrogen) atoms. The van der Waals surface area contributed by atoms with Gasteiger partial charge in [0, 0.05) is 29.4 Å². The summed E-state index contributed by atoms with van der Waals surface area (Å²) >= 11 is 5.98. The Balaban J connectivity index is 1.41. The molecular formula is C21H25ClFN3O. The lowest BCUT2D eigenvalue weighted by atomic mass is 9.96. The van der Waals surface area contributed by atoms with E-state index in [2.05, 4.69) is 15.5 Å². The number of piperidine rings is 1. The van der Waals surface area contributed by atoms with Gasteiger partial charge < -0.3 is 10.6 Å². The second kappa shape index (κ2) is 9.20. The fraction of sp³-hybridized carbons (Fsp3) is 0.381. The van der Waals surface area contributed by atoms with Crippen LogP contribution in [-0.4, -0.2) is 30.6 Å². The van der Waals surface area contributed by atoms with Crippen LogP contribution in [0.2, 0.25) is 5.02 Å². The Labute approximate surface area is 164 Å². The molecule has 0 aromatic heterocycles. The Morgan fingerprint density at radius 2 is 1.96 bits per heavy atom. The largest absolute Gasteiger partial charge is 0.338 e. The summed E-state index contributed by atoms with van der Waals surface area (Å²) in [5, 5.41) is 6.40. The molecule has 0 saturated carbocycles. The van der Waals surface area contributed by atoms with Crippen molar-refractivity contribution in [2.45, 2.75) is 26.3 Å². The Morgan fingerprint density at radius 1 is 1.22 bits per heavy atom. The highest BCUT2D eigenvalue weighted by Gasteiger charge is 2.20. The summed E-state index contributed by atoms with van der Waals surface area (Å²) in [6, 6.07) is 12.1. The van der Waals surface area contributed by atoms with E-state index in [1.54, 1.807) is 18.2 Å². The number of rotatable bonds is 5. The number of urea groups is 1. The van der Waals surface area contributed by atoms with Gasteiger partial charge in [-0.25, -0.2) is 9.18 Å². The molecule has 0 bridgehead atoms. The predicted octanol–water partition coefficient (Wildman–Crippen LogP) is 4.82. The standard InChI is InChI=1S/C21H25ClFN3O/c1-15-6-7-18(22)12-20(15)25-21(27)24-13-16-8-10-26(11-9-16)14-17-4-2-3-5-19(17)23/h2-7,12,16H,8-11,13-14H2,1H3,(H2,24,25,27). The Kier molecular flexibility index (Phi) is 6.69. The van der Waals surface area contributed by atoms with E-state index < -0.39 is 0 Å². The molecule has 1 saturated heterocycles. The Morgan fingerprint density at radius 3 is 2.70 bits per heavy atom. The molecule has 1 aliphatic heterocycles. The third-order valence-electron chi connectivity index (χ3n) is 5.06. The number of carbonyl (C=O) groups is 1. The molecule has 6 heteroatoms. The van der Waals surface area contributed by atoms with Crippen LogP contribution in [0.3, 0.4) is 0 Å². The first-order chi connectivity index (χ1) is 13.0. The summed E-state index contributed by atoms with van der Waals surface area (Å²) in [5.41, 5.74) is 2.43. The lowest BCUT2D eigenvalue weighted by Gasteiger charge is -2.32. The van der Waals surface area contributed by atoms with Gasteiger partial charge in [0.25, 0.3) is 0 Å². The molecule has 144 valence electrons. The van der Waals surface area contributed by atoms with Gasteiger partial charge in [-0.2, -0.15) is 0 Å². The molecule has 2 N–H and O–H groups in total. The van der Waals surface area contributed by atoms with E-state index in [4.69, 9.17) is 11.6 Å². The number of nitrogens with one attached hydrogen (secondary N) is 2. The average Bonchev–Trinajstić information content (AvgIpc) is 2.66. The fourth-order valence-corrected chi connectivity index (χ4v) is 3.52. The number of amides is 2. The van der Waals surface area contributed by atoms with Gasteiger partial charge in [-0.1, -0.05) is 35.9 Å². The van der Waals surface area contributed by atoms with Crippen LogP contribution in [0.4, 0.5) is 14.9 Å². The van der Waals surface area contributed by atoms with Crippen LogP contribution in [0.25, 0.3) is 0 Å². The summed E-state index contributed by atoms with van der Waals surface area (Å²) in [5.74, 6) is 0.294. The highest BCUT2D eigenvalue weighted by atomic mass is 35.5. The fourth-order valence-electron chi connectivity index (χ4n) is 3.35. The van der Waals surface area contributed by atoms with Gasteiger partial charge in [-0.05, 0) is 62.5 Å². The molecule has 1 fully saturated rings. The Hall–Kier alpha value is -2.11. The first-order valence-electron chi connectivity index (χ1n) is 9.28. The maximum atomic E-state index is 13.8. The van der Waals surface area contributed by atoms with Gasteiger partial charge in [0.2, 0.25) is 0 Å². The summed E-state index contributed by atoms with van der Waals surface area (Å²) in [7, 11) is 0. The minimum absolute atomic E-state index is 0.144. The maximum Gasteiger partial charge on any atom is 0.319 e. The zero-order valence-corrected chi connectivity index (χ0v) is 16.2. The molecule has 3 rings (SSSR count). The first-order valence-corrected chi connectivity index (χ1v) is 9.66. The van der Waals surface area contributed by atoms with E-state index >= 15 is 0 Å². The maximum absolute atomic E-state index is 13.8. The van der Waals surface area contributed by atoms with Gasteiger partial charge in [0.15, 0.2) is 0 Å². The molecule has 0 aliphatic carbocycles. The topological polar surface area (TPSA) is 44.4 Å². The number of hydrogen-bond donors (Lipinski definition) is 2. The molecule has 1 aliphatic rings. The molecule has 0 radical (unpaired) electrons. The SMILES string of the molecule is Cc1ccc(Cl)cc1NC(=O)NCC1CCN(Cc2ccccc2F)CC1. The van der Waals surface area contributed by atoms with Crippen molar-refractivity contribution in [2.24, 2.45) is 5.92 Å². The van der Waals surface area contributed by atoms with Gasteiger partial charge >= 0.3 is 6.03 Å². The summed E-state index contributed by atoms with van der Waals surface area (Å²) in [6.07, 6.45) is 1.98. The molecule has 0 spiro atoms. The van der Waals surface area contributed by atoms with Crippen molar-refractivity contribution in [3.8, 4) is 0 Å². The number of anilines is 1. The van der Waals surface area contributed by atoms with Crippen LogP contribution in [0.5, 0.6) is 0 Å². The number of halogens is 2. The third kappa shape index (κ3) is 5.68. The summed E-state index contributed by atoms with van der Waals surface area (Å²) < 4.78 is 13.8. The summed E-state index contributed by atoms with van der Waals surface area (Å²) in [4.78, 5) is 14.4. The molecule has 2 aromatic carbocycles. The lowest BCUT2D eigenvalue weighted by Crippen LogP contribution is -2.39. The highest BCUT2D eigenvalue weighted by Crippen LogP contribution is 2.21. The van der Waals surface area contributed by atoms with Crippen LogP contribution in [-0.2, 0) is 6.54 Å². The van der Waals surface area contributed by atoms with Crippen LogP contribution >= 0.6 is 11.6 Å². The van der Waals surface area contributed by atoms with Crippen LogP contribution < -0.4 is 10.6 Å². The van der Waals surface area contributed by atoms with Crippen molar-refractivity contribution in [3.05, 3.63) is 64.4 Å². The van der Waals surface area contributed by atoms with Gasteiger partial charge in [0.1, 0.15) is 5.82 Å². The molecule has 2 aromatic rings. The second-order valence-corrected chi connectivity index (χ2v) is 7.54. The number of benzene rings is 2. The molecule has 4 nitrogen and oxygen atoms in total. The molecule has 0 atom stereocenters. The van der Waals surface area contributed by atoms with E-state index in [-0.39, 0.29) is 11.8 Å². The van der Waals surface area contributed by atoms with Gasteiger partial charge in [-0.3, -0.25) is 4.90 Å². The van der Waals surface area contributed by atoms with Crippen molar-refractivity contribution >= 4 is 23.3 Å². The summed E-state index contributed by atoms with van der Waals surface area (Å²) in [6.45, 7) is 5.03. The highest BCUT2D eigenvalue weighted by molar-refractivity contribution is 6.31. The minimum atomic E-state index is -0.214. The normalized spacial score (nSPS) is 15.5. The quantitative estimate of drug-likeness (QED) is 0.769. The van der Waals surface area contributed by atoms with Crippen LogP contribution in [0.1, 0.15) is 24.0 Å². The monoisotopic (exact) mass is 389 g/mol. The molecule has 1 heterocycles. The van der Waals surface area contributed by atoms with Gasteiger partial charge in [0.05, 0.1) is 0 Å². The zero-order chi connectivity index (χ0) is 19.2. The number of nitrogens with zero attached hydrogens (tertiary/aromatic N) is 1. The van der Waals surface area contributed by atoms with E-state index in [9.17, 15) is 9.18 Å². The third-order valence-corrected chi connectivity index (χ3v) is 5.29. The van der Waals surface area contributed by atoms with Crippen LogP contribution in [0, 0.1) is 18.7 Å². The lowest BCUT2D eigenvalue weighted by molar-refractivity contribution is 0.174. The number of aryl methyl sites for hydroxylation is 1. The van der Waals surface area contributed by atoms with Crippen molar-refractivity contribution in [1.29, 1.82) is 0 Å². The van der Waals surface area contributed by atoms with E-state index in [0.717, 1.165) is 42.7 Å². The van der Waals surface area contributed by atoms with Crippen molar-refractivity contribution < 1.29 is 9.18 Å². The number of carbonyl (C=O) groups excluding carboxylic acids is 1. The minimum Gasteiger partial charge on any atom is -0.338 e. The second-order valence-electron chi connectivity index (χ2n) is 7.11. The molecule has 0 unspecified atom stereocenters. The number of hydrogen-bond acceptors (Lipinski definition) is 2. The van der Waals surface area contributed by atoms with E-state index in [0.29, 0.717) is 24.0 Å². The Bertz CT molecular complexity index is 791. The van der Waals surface area contributed by atoms with Crippen molar-refractivity contribution in [2.75, 3.05) is 25.0 Å². The predicted molar refractivity (Wildman–Crippen MR) is 108 cm³/mol. The molecular weight excluding hydrogens is 365 g/mol. The van der Waals surface area contributed by atoms with Crippen LogP contribution in [0.15, 0.2) is 42.5 Å². The smallest absolute Gasteiger partial charge is 0.319 e. The van der Waals surface area contributed by atoms with Crippen molar-refractivity contribution in [1.82, 2.24) is 10.2 Å².